The van der Waals surface area contributed by atoms with Crippen LogP contribution in [0.3, 0.4) is 0 Å². The molecule has 1 aromatic rings. The van der Waals surface area contributed by atoms with Gasteiger partial charge >= 0.3 is 0 Å². The highest BCUT2D eigenvalue weighted by atomic mass is 35.5. The lowest BCUT2D eigenvalue weighted by Crippen LogP contribution is -2.39. The van der Waals surface area contributed by atoms with E-state index in [4.69, 9.17) is 11.6 Å². The summed E-state index contributed by atoms with van der Waals surface area (Å²) < 4.78 is 0. The number of aromatic nitrogens is 1. The Kier molecular flexibility index (Phi) is 6.60. The maximum atomic E-state index is 11.5. The van der Waals surface area contributed by atoms with Crippen LogP contribution in [-0.4, -0.2) is 42.0 Å². The van der Waals surface area contributed by atoms with Crippen LogP contribution in [-0.2, 0) is 17.1 Å². The predicted molar refractivity (Wildman–Crippen MR) is 76.2 cm³/mol. The number of carbonyl (C=O) groups is 1. The molecular formula is C12H20ClN3OS. The van der Waals surface area contributed by atoms with Crippen molar-refractivity contribution in [3.63, 3.8) is 0 Å². The summed E-state index contributed by atoms with van der Waals surface area (Å²) in [5, 5.41) is 5.93. The number of alkyl halides is 1. The molecule has 0 aliphatic rings. The standard InChI is InChI=1S/C12H20ClN3OS/c1-9(2)14-11(17)7-16(3)5-4-12-15-10(6-13)8-18-12/h8-9H,4-7H2,1-3H3,(H,14,17). The van der Waals surface area contributed by atoms with Crippen molar-refractivity contribution in [3.05, 3.63) is 16.1 Å². The maximum Gasteiger partial charge on any atom is 0.234 e. The summed E-state index contributed by atoms with van der Waals surface area (Å²) in [6, 6.07) is 0.191. The first-order valence-electron chi connectivity index (χ1n) is 5.98. The predicted octanol–water partition coefficient (Wildman–Crippen LogP) is 1.88. The fourth-order valence-electron chi connectivity index (χ4n) is 1.50. The van der Waals surface area contributed by atoms with Crippen LogP contribution in [0.15, 0.2) is 5.38 Å². The van der Waals surface area contributed by atoms with E-state index in [1.54, 1.807) is 11.3 Å². The van der Waals surface area contributed by atoms with Gasteiger partial charge in [-0.05, 0) is 20.9 Å². The average molecular weight is 290 g/mol. The van der Waals surface area contributed by atoms with Gasteiger partial charge in [0.05, 0.1) is 23.1 Å². The zero-order valence-corrected chi connectivity index (χ0v) is 12.6. The van der Waals surface area contributed by atoms with Gasteiger partial charge in [0.25, 0.3) is 0 Å². The van der Waals surface area contributed by atoms with E-state index in [0.717, 1.165) is 23.7 Å². The molecule has 0 unspecified atom stereocenters. The van der Waals surface area contributed by atoms with E-state index in [-0.39, 0.29) is 11.9 Å². The Morgan fingerprint density at radius 1 is 1.61 bits per heavy atom. The summed E-state index contributed by atoms with van der Waals surface area (Å²) in [7, 11) is 1.94. The molecule has 1 aromatic heterocycles. The molecule has 0 bridgehead atoms. The van der Waals surface area contributed by atoms with E-state index in [2.05, 4.69) is 10.3 Å². The summed E-state index contributed by atoms with van der Waals surface area (Å²) in [6.45, 7) is 5.16. The lowest BCUT2D eigenvalue weighted by Gasteiger charge is -2.16. The molecule has 0 saturated carbocycles. The zero-order valence-electron chi connectivity index (χ0n) is 11.1. The van der Waals surface area contributed by atoms with Gasteiger partial charge in [0, 0.05) is 24.4 Å². The Labute approximate surface area is 117 Å². The van der Waals surface area contributed by atoms with Gasteiger partial charge in [-0.2, -0.15) is 0 Å². The summed E-state index contributed by atoms with van der Waals surface area (Å²) >= 11 is 7.32. The van der Waals surface area contributed by atoms with Gasteiger partial charge in [-0.25, -0.2) is 4.98 Å². The number of likely N-dealkylation sites (N-methyl/N-ethyl adjacent to an activating group) is 1. The normalized spacial score (nSPS) is 11.2. The van der Waals surface area contributed by atoms with E-state index >= 15 is 0 Å². The van der Waals surface area contributed by atoms with Gasteiger partial charge in [0.15, 0.2) is 0 Å². The van der Waals surface area contributed by atoms with Crippen molar-refractivity contribution < 1.29 is 4.79 Å². The van der Waals surface area contributed by atoms with Crippen LogP contribution in [0.2, 0.25) is 0 Å². The van der Waals surface area contributed by atoms with Gasteiger partial charge in [-0.15, -0.1) is 22.9 Å². The number of halogens is 1. The first-order chi connectivity index (χ1) is 8.51. The fraction of sp³-hybridized carbons (Fsp3) is 0.667. The first-order valence-corrected chi connectivity index (χ1v) is 7.39. The van der Waals surface area contributed by atoms with Gasteiger partial charge in [0.2, 0.25) is 5.91 Å². The van der Waals surface area contributed by atoms with Crippen LogP contribution in [0.1, 0.15) is 24.5 Å². The van der Waals surface area contributed by atoms with Crippen LogP contribution < -0.4 is 5.32 Å². The molecule has 6 heteroatoms. The largest absolute Gasteiger partial charge is 0.353 e. The van der Waals surface area contributed by atoms with Crippen LogP contribution in [0.4, 0.5) is 0 Å². The highest BCUT2D eigenvalue weighted by Crippen LogP contribution is 2.12. The van der Waals surface area contributed by atoms with Gasteiger partial charge in [-0.3, -0.25) is 9.69 Å². The van der Waals surface area contributed by atoms with Crippen molar-refractivity contribution in [3.8, 4) is 0 Å². The molecule has 1 heterocycles. The Morgan fingerprint density at radius 2 is 2.33 bits per heavy atom. The molecule has 0 aliphatic carbocycles. The molecule has 0 aliphatic heterocycles. The molecule has 1 N–H and O–H groups in total. The van der Waals surface area contributed by atoms with Crippen molar-refractivity contribution in [1.82, 2.24) is 15.2 Å². The Hall–Kier alpha value is -0.650. The second-order valence-electron chi connectivity index (χ2n) is 4.58. The van der Waals surface area contributed by atoms with Crippen molar-refractivity contribution in [2.24, 2.45) is 0 Å². The number of nitrogens with one attached hydrogen (secondary N) is 1. The molecule has 0 atom stereocenters. The van der Waals surface area contributed by atoms with Gasteiger partial charge < -0.3 is 5.32 Å². The van der Waals surface area contributed by atoms with Crippen molar-refractivity contribution in [1.29, 1.82) is 0 Å². The minimum Gasteiger partial charge on any atom is -0.353 e. The minimum atomic E-state index is 0.0630. The lowest BCUT2D eigenvalue weighted by atomic mass is 10.3. The number of thiazole rings is 1. The number of hydrogen-bond acceptors (Lipinski definition) is 4. The number of hydrogen-bond donors (Lipinski definition) is 1. The summed E-state index contributed by atoms with van der Waals surface area (Å²) in [4.78, 5) is 17.9. The molecule has 0 aromatic carbocycles. The second kappa shape index (κ2) is 7.71. The highest BCUT2D eigenvalue weighted by Gasteiger charge is 2.08. The zero-order chi connectivity index (χ0) is 13.5. The van der Waals surface area contributed by atoms with Crippen molar-refractivity contribution in [2.75, 3.05) is 20.1 Å². The molecule has 102 valence electrons. The van der Waals surface area contributed by atoms with Crippen LogP contribution in [0, 0.1) is 0 Å². The summed E-state index contributed by atoms with van der Waals surface area (Å²) in [5.74, 6) is 0.524. The Bertz CT molecular complexity index is 381. The first kappa shape index (κ1) is 15.4. The molecule has 1 rings (SSSR count). The van der Waals surface area contributed by atoms with Crippen LogP contribution in [0.25, 0.3) is 0 Å². The molecule has 0 saturated heterocycles. The third kappa shape index (κ3) is 5.80. The molecule has 0 fully saturated rings. The van der Waals surface area contributed by atoms with Gasteiger partial charge in [0.1, 0.15) is 0 Å². The maximum absolute atomic E-state index is 11.5. The second-order valence-corrected chi connectivity index (χ2v) is 5.79. The smallest absolute Gasteiger partial charge is 0.234 e. The number of nitrogens with zero attached hydrogens (tertiary/aromatic N) is 2. The quantitative estimate of drug-likeness (QED) is 0.780. The average Bonchev–Trinajstić information content (AvgIpc) is 2.72. The summed E-state index contributed by atoms with van der Waals surface area (Å²) in [6.07, 6.45) is 0.854. The minimum absolute atomic E-state index is 0.0630. The van der Waals surface area contributed by atoms with E-state index in [1.165, 1.54) is 0 Å². The number of carbonyl (C=O) groups excluding carboxylic acids is 1. The summed E-state index contributed by atoms with van der Waals surface area (Å²) in [5.41, 5.74) is 0.928. The molecule has 4 nitrogen and oxygen atoms in total. The number of amides is 1. The van der Waals surface area contributed by atoms with E-state index in [1.807, 2.05) is 31.2 Å². The Morgan fingerprint density at radius 3 is 2.89 bits per heavy atom. The third-order valence-corrected chi connectivity index (χ3v) is 3.54. The molecule has 18 heavy (non-hydrogen) atoms. The van der Waals surface area contributed by atoms with E-state index in [9.17, 15) is 4.79 Å². The third-order valence-electron chi connectivity index (χ3n) is 2.31. The topological polar surface area (TPSA) is 45.2 Å². The van der Waals surface area contributed by atoms with Crippen LogP contribution in [0.5, 0.6) is 0 Å². The van der Waals surface area contributed by atoms with E-state index < -0.39 is 0 Å². The Balaban J connectivity index is 2.28. The monoisotopic (exact) mass is 289 g/mol. The lowest BCUT2D eigenvalue weighted by molar-refractivity contribution is -0.122. The highest BCUT2D eigenvalue weighted by molar-refractivity contribution is 7.09. The van der Waals surface area contributed by atoms with E-state index in [0.29, 0.717) is 12.4 Å². The van der Waals surface area contributed by atoms with Crippen molar-refractivity contribution in [2.45, 2.75) is 32.2 Å². The van der Waals surface area contributed by atoms with Crippen LogP contribution >= 0.6 is 22.9 Å². The molecular weight excluding hydrogens is 270 g/mol. The SMILES string of the molecule is CC(C)NC(=O)CN(C)CCc1nc(CCl)cs1. The van der Waals surface area contributed by atoms with Crippen molar-refractivity contribution >= 4 is 28.8 Å². The number of rotatable bonds is 7. The molecule has 0 radical (unpaired) electrons. The molecule has 0 spiro atoms. The fourth-order valence-corrected chi connectivity index (χ4v) is 2.52. The van der Waals surface area contributed by atoms with Gasteiger partial charge in [-0.1, -0.05) is 0 Å². The molecule has 1 amide bonds.